The number of carbonyl (C=O) groups excluding carboxylic acids is 1. The van der Waals surface area contributed by atoms with Gasteiger partial charge in [0.2, 0.25) is 0 Å². The summed E-state index contributed by atoms with van der Waals surface area (Å²) in [5.41, 5.74) is -1.69. The van der Waals surface area contributed by atoms with Crippen LogP contribution in [0.3, 0.4) is 0 Å². The Hall–Kier alpha value is -1.76. The quantitative estimate of drug-likeness (QED) is 0.585. The molecule has 0 aromatic heterocycles. The number of aliphatic hydroxyl groups excluding tert-OH is 2. The molecule has 0 bridgehead atoms. The van der Waals surface area contributed by atoms with E-state index in [0.717, 1.165) is 0 Å². The van der Waals surface area contributed by atoms with Crippen LogP contribution in [0.15, 0.2) is 30.3 Å². The van der Waals surface area contributed by atoms with E-state index in [1.165, 1.54) is 0 Å². The maximum Gasteiger partial charge on any atom is 0.336 e. The van der Waals surface area contributed by atoms with Gasteiger partial charge < -0.3 is 20.4 Å². The number of aliphatic carboxylic acids is 1. The molecule has 1 saturated carbocycles. The lowest BCUT2D eigenvalue weighted by molar-refractivity contribution is -0.187. The van der Waals surface area contributed by atoms with E-state index in [-0.39, 0.29) is 6.42 Å². The van der Waals surface area contributed by atoms with E-state index in [1.807, 2.05) is 0 Å². The molecule has 0 spiro atoms. The molecule has 6 nitrogen and oxygen atoms in total. The fourth-order valence-corrected chi connectivity index (χ4v) is 2.56. The van der Waals surface area contributed by atoms with Gasteiger partial charge in [-0.15, -0.1) is 0 Å². The van der Waals surface area contributed by atoms with E-state index < -0.39 is 41.9 Å². The molecule has 4 N–H and O–H groups in total. The van der Waals surface area contributed by atoms with E-state index in [2.05, 4.69) is 0 Å². The molecule has 1 fully saturated rings. The average Bonchev–Trinajstić information content (AvgIpc) is 2.42. The smallest absolute Gasteiger partial charge is 0.336 e. The Bertz CT molecular complexity index is 514. The number of benzene rings is 1. The van der Waals surface area contributed by atoms with Crippen LogP contribution in [0.5, 0.6) is 0 Å². The van der Waals surface area contributed by atoms with Crippen LogP contribution in [0.25, 0.3) is 0 Å². The van der Waals surface area contributed by atoms with Crippen LogP contribution in [0.4, 0.5) is 0 Å². The molecule has 20 heavy (non-hydrogen) atoms. The molecular weight excluding hydrogens is 264 g/mol. The Kier molecular flexibility index (Phi) is 3.89. The summed E-state index contributed by atoms with van der Waals surface area (Å²) in [5, 5.41) is 38.5. The minimum absolute atomic E-state index is 0.00769. The largest absolute Gasteiger partial charge is 0.479 e. The molecule has 0 aliphatic heterocycles. The normalized spacial score (nSPS) is 34.0. The van der Waals surface area contributed by atoms with E-state index in [4.69, 9.17) is 0 Å². The van der Waals surface area contributed by atoms with Crippen LogP contribution in [0, 0.1) is 5.92 Å². The number of carbonyl (C=O) groups is 2. The fourth-order valence-electron chi connectivity index (χ4n) is 2.56. The van der Waals surface area contributed by atoms with Crippen LogP contribution in [-0.4, -0.2) is 50.0 Å². The molecule has 1 aromatic rings. The van der Waals surface area contributed by atoms with Crippen molar-refractivity contribution < 1.29 is 30.0 Å². The number of Topliss-reactive ketones (excluding diaryl/α,β-unsaturated/α-hetero) is 1. The van der Waals surface area contributed by atoms with E-state index >= 15 is 0 Å². The highest BCUT2D eigenvalue weighted by molar-refractivity contribution is 5.94. The van der Waals surface area contributed by atoms with Gasteiger partial charge in [-0.05, 0) is 12.0 Å². The third kappa shape index (κ3) is 2.45. The van der Waals surface area contributed by atoms with Gasteiger partial charge in [0, 0.05) is 6.42 Å². The third-order valence-electron chi connectivity index (χ3n) is 3.75. The van der Waals surface area contributed by atoms with Gasteiger partial charge in [-0.3, -0.25) is 4.79 Å². The highest BCUT2D eigenvalue weighted by Gasteiger charge is 2.55. The minimum Gasteiger partial charge on any atom is -0.479 e. The first-order valence-corrected chi connectivity index (χ1v) is 6.26. The topological polar surface area (TPSA) is 115 Å². The standard InChI is InChI=1S/C14H16O6/c15-10-7-14(20,13(18)19)9(11(16)12(10)17)6-8-4-2-1-3-5-8/h1-5,9-10,12,15,17,20H,6-7H2,(H,18,19)/t9?,10?,12-,14+/m0/s1. The Morgan fingerprint density at radius 2 is 1.85 bits per heavy atom. The second-order valence-electron chi connectivity index (χ2n) is 5.09. The molecule has 0 radical (unpaired) electrons. The number of rotatable bonds is 3. The summed E-state index contributed by atoms with van der Waals surface area (Å²) in [7, 11) is 0. The van der Waals surface area contributed by atoms with Gasteiger partial charge in [-0.2, -0.15) is 0 Å². The highest BCUT2D eigenvalue weighted by Crippen LogP contribution is 2.34. The molecule has 0 saturated heterocycles. The predicted octanol–water partition coefficient (Wildman–Crippen LogP) is -0.644. The monoisotopic (exact) mass is 280 g/mol. The zero-order valence-corrected chi connectivity index (χ0v) is 10.6. The molecule has 2 rings (SSSR count). The van der Waals surface area contributed by atoms with Gasteiger partial charge in [-0.1, -0.05) is 30.3 Å². The second-order valence-corrected chi connectivity index (χ2v) is 5.09. The van der Waals surface area contributed by atoms with Crippen molar-refractivity contribution in [2.75, 3.05) is 0 Å². The Balaban J connectivity index is 2.34. The molecule has 1 aromatic carbocycles. The van der Waals surface area contributed by atoms with Gasteiger partial charge in [0.1, 0.15) is 6.10 Å². The van der Waals surface area contributed by atoms with Gasteiger partial charge in [0.25, 0.3) is 0 Å². The molecule has 2 unspecified atom stereocenters. The van der Waals surface area contributed by atoms with Gasteiger partial charge in [0.15, 0.2) is 11.4 Å². The van der Waals surface area contributed by atoms with Gasteiger partial charge >= 0.3 is 5.97 Å². The number of ketones is 1. The van der Waals surface area contributed by atoms with E-state index in [0.29, 0.717) is 5.56 Å². The molecule has 0 amide bonds. The Morgan fingerprint density at radius 1 is 1.25 bits per heavy atom. The summed E-state index contributed by atoms with van der Waals surface area (Å²) >= 11 is 0. The van der Waals surface area contributed by atoms with Crippen molar-refractivity contribution in [3.8, 4) is 0 Å². The molecule has 6 heteroatoms. The van der Waals surface area contributed by atoms with Crippen molar-refractivity contribution in [3.05, 3.63) is 35.9 Å². The van der Waals surface area contributed by atoms with Crippen LogP contribution in [-0.2, 0) is 16.0 Å². The first-order valence-electron chi connectivity index (χ1n) is 6.26. The summed E-state index contributed by atoms with van der Waals surface area (Å²) in [6.07, 6.45) is -3.82. The Labute approximate surface area is 115 Å². The predicted molar refractivity (Wildman–Crippen MR) is 67.9 cm³/mol. The van der Waals surface area contributed by atoms with Crippen LogP contribution < -0.4 is 0 Å². The number of carboxylic acid groups (broad SMARTS) is 1. The van der Waals surface area contributed by atoms with Crippen LogP contribution in [0.2, 0.25) is 0 Å². The fraction of sp³-hybridized carbons (Fsp3) is 0.429. The summed E-state index contributed by atoms with van der Waals surface area (Å²) < 4.78 is 0. The summed E-state index contributed by atoms with van der Waals surface area (Å²) in [5.74, 6) is -3.71. The summed E-state index contributed by atoms with van der Waals surface area (Å²) in [4.78, 5) is 23.3. The first-order chi connectivity index (χ1) is 9.36. The maximum absolute atomic E-state index is 12.0. The Morgan fingerprint density at radius 3 is 2.40 bits per heavy atom. The second kappa shape index (κ2) is 5.32. The highest BCUT2D eigenvalue weighted by atomic mass is 16.4. The lowest BCUT2D eigenvalue weighted by atomic mass is 9.69. The number of aliphatic hydroxyl groups is 3. The van der Waals surface area contributed by atoms with Crippen LogP contribution in [0.1, 0.15) is 12.0 Å². The van der Waals surface area contributed by atoms with Crippen molar-refractivity contribution in [1.82, 2.24) is 0 Å². The zero-order valence-electron chi connectivity index (χ0n) is 10.6. The van der Waals surface area contributed by atoms with E-state index in [9.17, 15) is 30.0 Å². The summed E-state index contributed by atoms with van der Waals surface area (Å²) in [6, 6.07) is 8.63. The average molecular weight is 280 g/mol. The molecule has 1 aliphatic rings. The van der Waals surface area contributed by atoms with Gasteiger partial charge in [-0.25, -0.2) is 4.79 Å². The van der Waals surface area contributed by atoms with E-state index in [1.54, 1.807) is 30.3 Å². The van der Waals surface area contributed by atoms with Crippen molar-refractivity contribution in [2.24, 2.45) is 5.92 Å². The molecular formula is C14H16O6. The number of hydrogen-bond acceptors (Lipinski definition) is 5. The van der Waals surface area contributed by atoms with Crippen molar-refractivity contribution in [2.45, 2.75) is 30.7 Å². The van der Waals surface area contributed by atoms with Crippen molar-refractivity contribution >= 4 is 11.8 Å². The van der Waals surface area contributed by atoms with Crippen LogP contribution >= 0.6 is 0 Å². The molecule has 4 atom stereocenters. The molecule has 1 aliphatic carbocycles. The molecule has 0 heterocycles. The third-order valence-corrected chi connectivity index (χ3v) is 3.75. The first kappa shape index (κ1) is 14.6. The lowest BCUT2D eigenvalue weighted by Gasteiger charge is -2.39. The lowest BCUT2D eigenvalue weighted by Crippen LogP contribution is -2.61. The minimum atomic E-state index is -2.37. The van der Waals surface area contributed by atoms with Crippen molar-refractivity contribution in [1.29, 1.82) is 0 Å². The summed E-state index contributed by atoms with van der Waals surface area (Å²) in [6.45, 7) is 0. The zero-order chi connectivity index (χ0) is 14.9. The number of carboxylic acids is 1. The van der Waals surface area contributed by atoms with Gasteiger partial charge in [0.05, 0.1) is 12.0 Å². The maximum atomic E-state index is 12.0. The van der Waals surface area contributed by atoms with Crippen molar-refractivity contribution in [3.63, 3.8) is 0 Å². The SMILES string of the molecule is O=C1C(Cc2ccccc2)[C@@](O)(C(=O)O)CC(O)[C@@H]1O. The molecule has 108 valence electrons. The number of hydrogen-bond donors (Lipinski definition) is 4.